The SMILES string of the molecule is Cc1nccc(NN)n1.Cn1c(C2CC2)nc2ccccc21. The number of nitrogens with two attached hydrogens (primary N) is 1. The van der Waals surface area contributed by atoms with Crippen LogP contribution in [0.4, 0.5) is 5.82 Å². The number of para-hydroxylation sites is 2. The van der Waals surface area contributed by atoms with Gasteiger partial charge >= 0.3 is 0 Å². The Morgan fingerprint density at radius 1 is 1.18 bits per heavy atom. The maximum atomic E-state index is 5.08. The van der Waals surface area contributed by atoms with Crippen molar-refractivity contribution in [2.45, 2.75) is 25.7 Å². The van der Waals surface area contributed by atoms with Crippen molar-refractivity contribution in [2.75, 3.05) is 5.43 Å². The molecule has 0 radical (unpaired) electrons. The highest BCUT2D eigenvalue weighted by atomic mass is 15.3. The molecule has 1 aromatic carbocycles. The lowest BCUT2D eigenvalue weighted by Crippen LogP contribution is -2.08. The van der Waals surface area contributed by atoms with Gasteiger partial charge in [0.2, 0.25) is 0 Å². The second kappa shape index (κ2) is 6.11. The molecule has 0 saturated heterocycles. The molecule has 2 aromatic heterocycles. The highest BCUT2D eigenvalue weighted by Crippen LogP contribution is 2.40. The van der Waals surface area contributed by atoms with Crippen LogP contribution in [-0.4, -0.2) is 19.5 Å². The summed E-state index contributed by atoms with van der Waals surface area (Å²) in [5.74, 6) is 8.43. The fourth-order valence-electron chi connectivity index (χ4n) is 2.41. The zero-order chi connectivity index (χ0) is 15.5. The zero-order valence-corrected chi connectivity index (χ0v) is 12.8. The quantitative estimate of drug-likeness (QED) is 0.561. The fourth-order valence-corrected chi connectivity index (χ4v) is 2.41. The van der Waals surface area contributed by atoms with E-state index in [2.05, 4.69) is 50.2 Å². The Morgan fingerprint density at radius 2 is 1.95 bits per heavy atom. The van der Waals surface area contributed by atoms with Gasteiger partial charge in [0.05, 0.1) is 11.0 Å². The third kappa shape index (κ3) is 3.07. The highest BCUT2D eigenvalue weighted by Gasteiger charge is 2.28. The molecule has 2 heterocycles. The number of fused-ring (bicyclic) bond motifs is 1. The molecule has 4 rings (SSSR count). The van der Waals surface area contributed by atoms with Crippen LogP contribution in [0.1, 0.15) is 30.4 Å². The molecule has 0 bridgehead atoms. The molecule has 1 aliphatic rings. The molecule has 0 amide bonds. The van der Waals surface area contributed by atoms with E-state index in [1.807, 2.05) is 6.07 Å². The molecule has 0 unspecified atom stereocenters. The van der Waals surface area contributed by atoms with Gasteiger partial charge < -0.3 is 9.99 Å². The first kappa shape index (κ1) is 14.5. The minimum atomic E-state index is 0.641. The Labute approximate surface area is 129 Å². The standard InChI is InChI=1S/C11H12N2.C5H8N4/c1-13-10-5-3-2-4-9(10)12-11(13)8-6-7-8;1-4-7-3-2-5(8-4)9-6/h2-5,8H,6-7H2,1H3;2-3H,6H2,1H3,(H,7,8,9). The van der Waals surface area contributed by atoms with E-state index >= 15 is 0 Å². The summed E-state index contributed by atoms with van der Waals surface area (Å²) in [5.41, 5.74) is 4.80. The van der Waals surface area contributed by atoms with Gasteiger partial charge in [-0.15, -0.1) is 0 Å². The molecule has 1 aliphatic carbocycles. The number of hydrogen-bond acceptors (Lipinski definition) is 5. The smallest absolute Gasteiger partial charge is 0.143 e. The summed E-state index contributed by atoms with van der Waals surface area (Å²) in [7, 11) is 2.11. The number of imidazole rings is 1. The Hall–Kier alpha value is -2.47. The van der Waals surface area contributed by atoms with Crippen LogP contribution in [0.3, 0.4) is 0 Å². The van der Waals surface area contributed by atoms with E-state index in [9.17, 15) is 0 Å². The summed E-state index contributed by atoms with van der Waals surface area (Å²) < 4.78 is 2.23. The zero-order valence-electron chi connectivity index (χ0n) is 12.8. The summed E-state index contributed by atoms with van der Waals surface area (Å²) in [5, 5.41) is 0. The third-order valence-electron chi connectivity index (χ3n) is 3.69. The average Bonchev–Trinajstić information content (AvgIpc) is 3.33. The van der Waals surface area contributed by atoms with Crippen molar-refractivity contribution in [1.29, 1.82) is 0 Å². The van der Waals surface area contributed by atoms with Crippen molar-refractivity contribution in [3.63, 3.8) is 0 Å². The fraction of sp³-hybridized carbons (Fsp3) is 0.312. The summed E-state index contributed by atoms with van der Waals surface area (Å²) in [6.07, 6.45) is 4.28. The monoisotopic (exact) mass is 296 g/mol. The molecule has 3 aromatic rings. The van der Waals surface area contributed by atoms with Crippen molar-refractivity contribution in [3.8, 4) is 0 Å². The van der Waals surface area contributed by atoms with Gasteiger partial charge in [-0.05, 0) is 31.9 Å². The molecular weight excluding hydrogens is 276 g/mol. The number of nitrogens with one attached hydrogen (secondary N) is 1. The van der Waals surface area contributed by atoms with E-state index in [0.29, 0.717) is 11.6 Å². The van der Waals surface area contributed by atoms with E-state index in [-0.39, 0.29) is 0 Å². The second-order valence-corrected chi connectivity index (χ2v) is 5.43. The van der Waals surface area contributed by atoms with E-state index in [1.54, 1.807) is 19.2 Å². The van der Waals surface area contributed by atoms with Crippen LogP contribution < -0.4 is 11.3 Å². The van der Waals surface area contributed by atoms with Gasteiger partial charge in [-0.1, -0.05) is 12.1 Å². The van der Waals surface area contributed by atoms with Crippen LogP contribution in [0.25, 0.3) is 11.0 Å². The topological polar surface area (TPSA) is 81.6 Å². The van der Waals surface area contributed by atoms with Gasteiger partial charge in [0.1, 0.15) is 17.5 Å². The summed E-state index contributed by atoms with van der Waals surface area (Å²) in [6, 6.07) is 10.0. The van der Waals surface area contributed by atoms with Crippen molar-refractivity contribution in [1.82, 2.24) is 19.5 Å². The van der Waals surface area contributed by atoms with Crippen LogP contribution in [0.5, 0.6) is 0 Å². The summed E-state index contributed by atoms with van der Waals surface area (Å²) >= 11 is 0. The lowest BCUT2D eigenvalue weighted by atomic mass is 10.3. The lowest BCUT2D eigenvalue weighted by Gasteiger charge is -1.98. The number of aromatic nitrogens is 4. The molecule has 6 heteroatoms. The van der Waals surface area contributed by atoms with E-state index in [0.717, 1.165) is 11.4 Å². The number of nitrogens with zero attached hydrogens (tertiary/aromatic N) is 4. The second-order valence-electron chi connectivity index (χ2n) is 5.43. The van der Waals surface area contributed by atoms with E-state index in [1.165, 1.54) is 24.2 Å². The van der Waals surface area contributed by atoms with Crippen molar-refractivity contribution < 1.29 is 0 Å². The molecule has 22 heavy (non-hydrogen) atoms. The number of hydrazine groups is 1. The maximum Gasteiger partial charge on any atom is 0.143 e. The van der Waals surface area contributed by atoms with E-state index in [4.69, 9.17) is 5.84 Å². The predicted octanol–water partition coefficient (Wildman–Crippen LogP) is 2.52. The molecule has 114 valence electrons. The first-order chi connectivity index (χ1) is 10.7. The largest absolute Gasteiger partial charge is 0.331 e. The minimum Gasteiger partial charge on any atom is -0.331 e. The molecular formula is C16H20N6. The molecule has 1 fully saturated rings. The number of anilines is 1. The number of benzene rings is 1. The number of nitrogen functional groups attached to an aromatic ring is 1. The van der Waals surface area contributed by atoms with Gasteiger partial charge in [-0.25, -0.2) is 20.8 Å². The Balaban J connectivity index is 0.000000142. The molecule has 6 nitrogen and oxygen atoms in total. The first-order valence-corrected chi connectivity index (χ1v) is 7.36. The van der Waals surface area contributed by atoms with Crippen LogP contribution >= 0.6 is 0 Å². The summed E-state index contributed by atoms with van der Waals surface area (Å²) in [6.45, 7) is 1.81. The Bertz CT molecular complexity index is 775. The maximum absolute atomic E-state index is 5.08. The summed E-state index contributed by atoms with van der Waals surface area (Å²) in [4.78, 5) is 12.5. The third-order valence-corrected chi connectivity index (χ3v) is 3.69. The minimum absolute atomic E-state index is 0.641. The average molecular weight is 296 g/mol. The van der Waals surface area contributed by atoms with Gasteiger partial charge in [-0.2, -0.15) is 0 Å². The van der Waals surface area contributed by atoms with Crippen molar-refractivity contribution >= 4 is 16.9 Å². The van der Waals surface area contributed by atoms with Gasteiger partial charge in [0, 0.05) is 25.2 Å². The predicted molar refractivity (Wildman–Crippen MR) is 87.3 cm³/mol. The highest BCUT2D eigenvalue weighted by molar-refractivity contribution is 5.75. The number of hydrogen-bond donors (Lipinski definition) is 2. The van der Waals surface area contributed by atoms with E-state index < -0.39 is 0 Å². The first-order valence-electron chi connectivity index (χ1n) is 7.36. The normalized spacial score (nSPS) is 13.6. The van der Waals surface area contributed by atoms with Crippen molar-refractivity contribution in [2.24, 2.45) is 12.9 Å². The van der Waals surface area contributed by atoms with Crippen LogP contribution in [0.15, 0.2) is 36.5 Å². The van der Waals surface area contributed by atoms with Crippen LogP contribution in [0, 0.1) is 6.92 Å². The molecule has 3 N–H and O–H groups in total. The Kier molecular flexibility index (Phi) is 4.02. The van der Waals surface area contributed by atoms with Gasteiger partial charge in [0.15, 0.2) is 0 Å². The van der Waals surface area contributed by atoms with Gasteiger partial charge in [-0.3, -0.25) is 0 Å². The van der Waals surface area contributed by atoms with Crippen LogP contribution in [0.2, 0.25) is 0 Å². The molecule has 0 aliphatic heterocycles. The van der Waals surface area contributed by atoms with Crippen LogP contribution in [-0.2, 0) is 7.05 Å². The molecule has 0 atom stereocenters. The number of aryl methyl sites for hydroxylation is 2. The van der Waals surface area contributed by atoms with Crippen molar-refractivity contribution in [3.05, 3.63) is 48.2 Å². The molecule has 1 saturated carbocycles. The van der Waals surface area contributed by atoms with Gasteiger partial charge in [0.25, 0.3) is 0 Å². The number of rotatable bonds is 2. The lowest BCUT2D eigenvalue weighted by molar-refractivity contribution is 0.820. The molecule has 0 spiro atoms. The Morgan fingerprint density at radius 3 is 2.55 bits per heavy atom.